The Morgan fingerprint density at radius 1 is 0.636 bits per heavy atom. The summed E-state index contributed by atoms with van der Waals surface area (Å²) in [5.41, 5.74) is 4.96. The van der Waals surface area contributed by atoms with Crippen molar-refractivity contribution in [3.05, 3.63) is 128 Å². The normalized spacial score (nSPS) is 12.2. The summed E-state index contributed by atoms with van der Waals surface area (Å²) in [4.78, 5) is 8.69. The molecule has 0 spiro atoms. The number of rotatable bonds is 2. The van der Waals surface area contributed by atoms with Gasteiger partial charge in [-0.2, -0.15) is 5.26 Å². The molecular weight excluding hydrogens is 589 g/mol. The standard InChI is InChI=1S/C15H13N2.C13H7N2.Au/c1-3-7-14(8-4-1)16-11-12-17(13-16)15-9-5-2-6-10-15;14-8-9-5-6-13-11(7-9)10-3-1-2-4-12(10)15-13;/h1-13H;1-7H;/q2*-1;. The second-order valence-electron chi connectivity index (χ2n) is 7.37. The van der Waals surface area contributed by atoms with Crippen molar-refractivity contribution >= 4 is 33.2 Å². The second kappa shape index (κ2) is 10.2. The van der Waals surface area contributed by atoms with Gasteiger partial charge in [0.25, 0.3) is 0 Å². The molecule has 1 aromatic heterocycles. The number of anilines is 2. The van der Waals surface area contributed by atoms with Crippen LogP contribution in [0.25, 0.3) is 21.8 Å². The minimum absolute atomic E-state index is 0. The van der Waals surface area contributed by atoms with Gasteiger partial charge >= 0.3 is 0 Å². The van der Waals surface area contributed by atoms with Crippen molar-refractivity contribution in [3.8, 4) is 6.07 Å². The molecule has 0 fully saturated rings. The van der Waals surface area contributed by atoms with Crippen LogP contribution in [0.2, 0.25) is 0 Å². The number of para-hydroxylation sites is 3. The van der Waals surface area contributed by atoms with Crippen molar-refractivity contribution < 1.29 is 22.4 Å². The Morgan fingerprint density at radius 3 is 1.79 bits per heavy atom. The van der Waals surface area contributed by atoms with Crippen LogP contribution in [0, 0.1) is 18.0 Å². The van der Waals surface area contributed by atoms with Gasteiger partial charge < -0.3 is 14.8 Å². The summed E-state index contributed by atoms with van der Waals surface area (Å²) in [6, 6.07) is 36.3. The molecule has 0 atom stereocenters. The van der Waals surface area contributed by atoms with Crippen LogP contribution in [0.15, 0.2) is 116 Å². The van der Waals surface area contributed by atoms with Gasteiger partial charge in [0.05, 0.1) is 11.6 Å². The first kappa shape index (κ1) is 22.4. The first-order valence-electron chi connectivity index (χ1n) is 10.4. The molecular formula is C28H20AuN4-2. The Hall–Kier alpha value is -3.75. The van der Waals surface area contributed by atoms with E-state index < -0.39 is 0 Å². The minimum Gasteiger partial charge on any atom is -0.657 e. The largest absolute Gasteiger partial charge is 0.657 e. The van der Waals surface area contributed by atoms with Crippen LogP contribution >= 0.6 is 0 Å². The van der Waals surface area contributed by atoms with Gasteiger partial charge in [0, 0.05) is 33.8 Å². The molecule has 0 N–H and O–H groups in total. The molecule has 2 heterocycles. The van der Waals surface area contributed by atoms with E-state index in [0.717, 1.165) is 21.8 Å². The zero-order chi connectivity index (χ0) is 21.8. The molecule has 6 rings (SSSR count). The molecule has 5 aromatic rings. The van der Waals surface area contributed by atoms with Crippen LogP contribution in [-0.4, -0.2) is 0 Å². The first-order chi connectivity index (χ1) is 15.8. The van der Waals surface area contributed by atoms with E-state index in [2.05, 4.69) is 64.2 Å². The number of nitriles is 1. The summed E-state index contributed by atoms with van der Waals surface area (Å²) in [6.45, 7) is 2.07. The summed E-state index contributed by atoms with van der Waals surface area (Å²) < 4.78 is 0. The van der Waals surface area contributed by atoms with Gasteiger partial charge in [-0.1, -0.05) is 66.7 Å². The molecule has 1 radical (unpaired) electrons. The Balaban J connectivity index is 0.000000153. The molecule has 0 aliphatic carbocycles. The van der Waals surface area contributed by atoms with Crippen LogP contribution < -0.4 is 14.8 Å². The van der Waals surface area contributed by atoms with Crippen LogP contribution in [0.4, 0.5) is 11.4 Å². The van der Waals surface area contributed by atoms with E-state index in [1.165, 1.54) is 11.4 Å². The van der Waals surface area contributed by atoms with Crippen LogP contribution in [0.5, 0.6) is 0 Å². The number of fused-ring (bicyclic) bond motifs is 3. The van der Waals surface area contributed by atoms with Crippen LogP contribution in [-0.2, 0) is 22.4 Å². The van der Waals surface area contributed by atoms with E-state index in [9.17, 15) is 0 Å². The summed E-state index contributed by atoms with van der Waals surface area (Å²) in [6.07, 6.45) is 4.12. The fraction of sp³-hybridized carbons (Fsp3) is 0. The summed E-state index contributed by atoms with van der Waals surface area (Å²) in [7, 11) is 0. The molecule has 0 amide bonds. The van der Waals surface area contributed by atoms with Crippen molar-refractivity contribution in [1.82, 2.24) is 4.98 Å². The molecule has 1 aliphatic heterocycles. The Kier molecular flexibility index (Phi) is 6.97. The number of aromatic nitrogens is 1. The third-order valence-corrected chi connectivity index (χ3v) is 5.31. The molecule has 0 saturated heterocycles. The van der Waals surface area contributed by atoms with Gasteiger partial charge in [0.2, 0.25) is 0 Å². The predicted molar refractivity (Wildman–Crippen MR) is 131 cm³/mol. The fourth-order valence-electron chi connectivity index (χ4n) is 3.71. The van der Waals surface area contributed by atoms with Crippen molar-refractivity contribution in [2.24, 2.45) is 0 Å². The van der Waals surface area contributed by atoms with E-state index in [0.29, 0.717) is 5.56 Å². The maximum atomic E-state index is 8.84. The Morgan fingerprint density at radius 2 is 1.18 bits per heavy atom. The third-order valence-electron chi connectivity index (χ3n) is 5.31. The maximum Gasteiger partial charge on any atom is 0.0991 e. The summed E-state index contributed by atoms with van der Waals surface area (Å²) in [5.74, 6) is 0. The third kappa shape index (κ3) is 4.87. The monoisotopic (exact) mass is 609 g/mol. The zero-order valence-electron chi connectivity index (χ0n) is 17.6. The van der Waals surface area contributed by atoms with Crippen LogP contribution in [0.3, 0.4) is 0 Å². The van der Waals surface area contributed by atoms with E-state index in [4.69, 9.17) is 5.26 Å². The topological polar surface area (TPSA) is 44.4 Å². The molecule has 4 nitrogen and oxygen atoms in total. The smallest absolute Gasteiger partial charge is 0.0991 e. The molecule has 1 aliphatic rings. The minimum atomic E-state index is 0. The second-order valence-corrected chi connectivity index (χ2v) is 7.37. The zero-order valence-corrected chi connectivity index (χ0v) is 19.8. The van der Waals surface area contributed by atoms with Gasteiger partial charge in [0.1, 0.15) is 0 Å². The molecule has 4 aromatic carbocycles. The molecule has 5 heteroatoms. The van der Waals surface area contributed by atoms with Gasteiger partial charge in [-0.25, -0.2) is 0 Å². The quantitative estimate of drug-likeness (QED) is 0.171. The average Bonchev–Trinajstić information content (AvgIpc) is 3.50. The maximum absolute atomic E-state index is 8.84. The predicted octanol–water partition coefficient (Wildman–Crippen LogP) is 6.42. The molecule has 0 unspecified atom stereocenters. The van der Waals surface area contributed by atoms with Crippen molar-refractivity contribution in [1.29, 1.82) is 5.26 Å². The fourth-order valence-corrected chi connectivity index (χ4v) is 3.71. The van der Waals surface area contributed by atoms with E-state index in [1.54, 1.807) is 6.07 Å². The van der Waals surface area contributed by atoms with Crippen molar-refractivity contribution in [2.45, 2.75) is 0 Å². The molecule has 165 valence electrons. The molecule has 0 saturated carbocycles. The molecule has 33 heavy (non-hydrogen) atoms. The average molecular weight is 609 g/mol. The Bertz CT molecular complexity index is 1370. The first-order valence-corrected chi connectivity index (χ1v) is 10.4. The van der Waals surface area contributed by atoms with E-state index >= 15 is 0 Å². The molecule has 0 bridgehead atoms. The summed E-state index contributed by atoms with van der Waals surface area (Å²) in [5, 5.41) is 11.0. The number of hydrogen-bond acceptors (Lipinski definition) is 3. The van der Waals surface area contributed by atoms with E-state index in [-0.39, 0.29) is 22.4 Å². The van der Waals surface area contributed by atoms with Crippen molar-refractivity contribution in [3.63, 3.8) is 0 Å². The van der Waals surface area contributed by atoms with Gasteiger partial charge in [-0.15, -0.1) is 17.7 Å². The summed E-state index contributed by atoms with van der Waals surface area (Å²) >= 11 is 0. The van der Waals surface area contributed by atoms with Gasteiger partial charge in [0.15, 0.2) is 0 Å². The van der Waals surface area contributed by atoms with E-state index in [1.807, 2.05) is 72.8 Å². The number of hydrogen-bond donors (Lipinski definition) is 0. The number of nitrogens with zero attached hydrogens (tertiary/aromatic N) is 4. The van der Waals surface area contributed by atoms with Crippen LogP contribution in [0.1, 0.15) is 5.56 Å². The SMILES string of the molecule is C1=CN(c2ccccc2)[CH-]N1c1ccccc1.N#Cc1ccc2[n-]c3ccccc3c2c1.[Au]. The van der Waals surface area contributed by atoms with Crippen molar-refractivity contribution in [2.75, 3.05) is 9.80 Å². The number of benzene rings is 4. The van der Waals surface area contributed by atoms with Gasteiger partial charge in [-0.05, 0) is 59.6 Å². The Labute approximate surface area is 208 Å². The van der Waals surface area contributed by atoms with Gasteiger partial charge in [-0.3, -0.25) is 0 Å².